The molecule has 0 radical (unpaired) electrons. The summed E-state index contributed by atoms with van der Waals surface area (Å²) in [6.07, 6.45) is 1.04. The number of aliphatic carboxylic acids is 1. The number of benzene rings is 1. The molecule has 1 aromatic carbocycles. The number of carbonyl (C=O) groups excluding carboxylic acids is 2. The summed E-state index contributed by atoms with van der Waals surface area (Å²) in [5, 5.41) is 9.02. The number of piperidine rings is 1. The highest BCUT2D eigenvalue weighted by atomic mass is 16.5. The molecule has 0 atom stereocenters. The molecule has 2 amide bonds. The van der Waals surface area contributed by atoms with E-state index in [9.17, 15) is 14.4 Å². The molecule has 1 aromatic rings. The average molecular weight is 378 g/mol. The highest BCUT2D eigenvalue weighted by Crippen LogP contribution is 2.27. The molecule has 1 fully saturated rings. The number of carboxylic acid groups (broad SMARTS) is 1. The summed E-state index contributed by atoms with van der Waals surface area (Å²) in [4.78, 5) is 38.8. The first-order valence-corrected chi connectivity index (χ1v) is 8.81. The Morgan fingerprint density at radius 1 is 1.15 bits per heavy atom. The van der Waals surface area contributed by atoms with E-state index in [0.29, 0.717) is 37.4 Å². The number of likely N-dealkylation sites (tertiary alicyclic amines) is 1. The number of carboxylic acids is 1. The lowest BCUT2D eigenvalue weighted by Crippen LogP contribution is -2.45. The SMILES string of the molecule is COc1ccc(CC(=O)N(C)CC(=O)N2CCC(C(=O)O)CC2)cc1OC. The lowest BCUT2D eigenvalue weighted by atomic mass is 9.97. The summed E-state index contributed by atoms with van der Waals surface area (Å²) >= 11 is 0. The van der Waals surface area contributed by atoms with Crippen LogP contribution >= 0.6 is 0 Å². The Balaban J connectivity index is 1.88. The van der Waals surface area contributed by atoms with Gasteiger partial charge in [-0.1, -0.05) is 6.07 Å². The largest absolute Gasteiger partial charge is 0.493 e. The highest BCUT2D eigenvalue weighted by Gasteiger charge is 2.27. The van der Waals surface area contributed by atoms with Crippen molar-refractivity contribution in [3.8, 4) is 11.5 Å². The third-order valence-corrected chi connectivity index (χ3v) is 4.80. The van der Waals surface area contributed by atoms with Crippen LogP contribution in [0, 0.1) is 5.92 Å². The molecule has 1 heterocycles. The first kappa shape index (κ1) is 20.5. The van der Waals surface area contributed by atoms with Gasteiger partial charge in [-0.05, 0) is 30.5 Å². The van der Waals surface area contributed by atoms with E-state index < -0.39 is 11.9 Å². The fraction of sp³-hybridized carbons (Fsp3) is 0.526. The topological polar surface area (TPSA) is 96.4 Å². The summed E-state index contributed by atoms with van der Waals surface area (Å²) in [6.45, 7) is 0.797. The summed E-state index contributed by atoms with van der Waals surface area (Å²) in [5.41, 5.74) is 0.763. The Labute approximate surface area is 158 Å². The molecule has 1 N–H and O–H groups in total. The minimum Gasteiger partial charge on any atom is -0.493 e. The third-order valence-electron chi connectivity index (χ3n) is 4.80. The van der Waals surface area contributed by atoms with E-state index in [1.54, 1.807) is 37.3 Å². The van der Waals surface area contributed by atoms with Gasteiger partial charge < -0.3 is 24.4 Å². The normalized spacial score (nSPS) is 14.6. The number of ether oxygens (including phenoxy) is 2. The number of rotatable bonds is 7. The van der Waals surface area contributed by atoms with Gasteiger partial charge in [0.15, 0.2) is 11.5 Å². The van der Waals surface area contributed by atoms with Crippen molar-refractivity contribution in [1.82, 2.24) is 9.80 Å². The predicted octanol–water partition coefficient (Wildman–Crippen LogP) is 1.03. The smallest absolute Gasteiger partial charge is 0.306 e. The van der Waals surface area contributed by atoms with Gasteiger partial charge in [0.25, 0.3) is 0 Å². The van der Waals surface area contributed by atoms with Crippen LogP contribution in [-0.2, 0) is 20.8 Å². The average Bonchev–Trinajstić information content (AvgIpc) is 2.67. The minimum atomic E-state index is -0.815. The second-order valence-corrected chi connectivity index (χ2v) is 6.61. The second kappa shape index (κ2) is 9.25. The highest BCUT2D eigenvalue weighted by molar-refractivity contribution is 5.86. The molecule has 1 saturated heterocycles. The molecular weight excluding hydrogens is 352 g/mol. The predicted molar refractivity (Wildman–Crippen MR) is 97.8 cm³/mol. The van der Waals surface area contributed by atoms with E-state index in [4.69, 9.17) is 14.6 Å². The summed E-state index contributed by atoms with van der Waals surface area (Å²) in [6, 6.07) is 5.26. The van der Waals surface area contributed by atoms with Crippen LogP contribution in [0.4, 0.5) is 0 Å². The summed E-state index contributed by atoms with van der Waals surface area (Å²) < 4.78 is 10.4. The van der Waals surface area contributed by atoms with E-state index in [1.807, 2.05) is 0 Å². The lowest BCUT2D eigenvalue weighted by molar-refractivity contribution is -0.146. The van der Waals surface area contributed by atoms with Crippen LogP contribution in [0.5, 0.6) is 11.5 Å². The Morgan fingerprint density at radius 3 is 2.33 bits per heavy atom. The van der Waals surface area contributed by atoms with Crippen molar-refractivity contribution in [1.29, 1.82) is 0 Å². The molecule has 27 heavy (non-hydrogen) atoms. The van der Waals surface area contributed by atoms with Crippen molar-refractivity contribution in [3.63, 3.8) is 0 Å². The number of carbonyl (C=O) groups is 3. The molecule has 2 rings (SSSR count). The number of methoxy groups -OCH3 is 2. The molecule has 1 aliphatic rings. The quantitative estimate of drug-likeness (QED) is 0.761. The van der Waals surface area contributed by atoms with Crippen molar-refractivity contribution < 1.29 is 29.0 Å². The van der Waals surface area contributed by atoms with Crippen LogP contribution in [0.3, 0.4) is 0 Å². The fourth-order valence-corrected chi connectivity index (χ4v) is 3.07. The van der Waals surface area contributed by atoms with Crippen molar-refractivity contribution >= 4 is 17.8 Å². The van der Waals surface area contributed by atoms with Crippen LogP contribution in [0.15, 0.2) is 18.2 Å². The van der Waals surface area contributed by atoms with E-state index in [0.717, 1.165) is 5.56 Å². The third kappa shape index (κ3) is 5.35. The summed E-state index contributed by atoms with van der Waals surface area (Å²) in [7, 11) is 4.66. The molecule has 8 heteroatoms. The maximum Gasteiger partial charge on any atom is 0.306 e. The molecule has 8 nitrogen and oxygen atoms in total. The molecule has 0 spiro atoms. The van der Waals surface area contributed by atoms with Gasteiger partial charge in [0, 0.05) is 20.1 Å². The number of hydrogen-bond acceptors (Lipinski definition) is 5. The minimum absolute atomic E-state index is 0.0239. The molecule has 0 unspecified atom stereocenters. The maximum absolute atomic E-state index is 12.4. The molecule has 0 aliphatic carbocycles. The van der Waals surface area contributed by atoms with Crippen molar-refractivity contribution in [2.24, 2.45) is 5.92 Å². The van der Waals surface area contributed by atoms with Crippen LogP contribution in [0.25, 0.3) is 0 Å². The Hall–Kier alpha value is -2.77. The van der Waals surface area contributed by atoms with E-state index in [2.05, 4.69) is 0 Å². The van der Waals surface area contributed by atoms with Crippen LogP contribution in [0.2, 0.25) is 0 Å². The van der Waals surface area contributed by atoms with Crippen molar-refractivity contribution in [2.75, 3.05) is 40.9 Å². The number of nitrogens with zero attached hydrogens (tertiary/aromatic N) is 2. The van der Waals surface area contributed by atoms with Gasteiger partial charge >= 0.3 is 5.97 Å². The Bertz CT molecular complexity index is 697. The van der Waals surface area contributed by atoms with E-state index in [1.165, 1.54) is 12.0 Å². The molecule has 0 bridgehead atoms. The molecule has 148 valence electrons. The number of amides is 2. The summed E-state index contributed by atoms with van der Waals surface area (Å²) in [5.74, 6) is -0.425. The van der Waals surface area contributed by atoms with Crippen LogP contribution < -0.4 is 9.47 Å². The fourth-order valence-electron chi connectivity index (χ4n) is 3.07. The monoisotopic (exact) mass is 378 g/mol. The van der Waals surface area contributed by atoms with Gasteiger partial charge in [-0.15, -0.1) is 0 Å². The molecule has 1 aliphatic heterocycles. The molecule has 0 aromatic heterocycles. The Morgan fingerprint density at radius 2 is 1.78 bits per heavy atom. The first-order chi connectivity index (χ1) is 12.8. The zero-order chi connectivity index (χ0) is 20.0. The van der Waals surface area contributed by atoms with Gasteiger partial charge in [0.1, 0.15) is 0 Å². The maximum atomic E-state index is 12.4. The van der Waals surface area contributed by atoms with E-state index >= 15 is 0 Å². The lowest BCUT2D eigenvalue weighted by Gasteiger charge is -2.31. The first-order valence-electron chi connectivity index (χ1n) is 8.81. The van der Waals surface area contributed by atoms with Crippen molar-refractivity contribution in [2.45, 2.75) is 19.3 Å². The second-order valence-electron chi connectivity index (χ2n) is 6.61. The van der Waals surface area contributed by atoms with Gasteiger partial charge in [-0.25, -0.2) is 0 Å². The zero-order valence-corrected chi connectivity index (χ0v) is 15.9. The van der Waals surface area contributed by atoms with Gasteiger partial charge in [-0.3, -0.25) is 14.4 Å². The number of likely N-dealkylation sites (N-methyl/N-ethyl adjacent to an activating group) is 1. The molecule has 0 saturated carbocycles. The van der Waals surface area contributed by atoms with Gasteiger partial charge in [0.2, 0.25) is 11.8 Å². The standard InChI is InChI=1S/C19H26N2O6/c1-20(12-18(23)21-8-6-14(7-9-21)19(24)25)17(22)11-13-4-5-15(26-2)16(10-13)27-3/h4-5,10,14H,6-9,11-12H2,1-3H3,(H,24,25). The molecular formula is C19H26N2O6. The number of hydrogen-bond donors (Lipinski definition) is 1. The van der Waals surface area contributed by atoms with Crippen LogP contribution in [-0.4, -0.2) is 73.6 Å². The Kier molecular flexibility index (Phi) is 7.04. The van der Waals surface area contributed by atoms with Crippen LogP contribution in [0.1, 0.15) is 18.4 Å². The van der Waals surface area contributed by atoms with E-state index in [-0.39, 0.29) is 24.8 Å². The van der Waals surface area contributed by atoms with Gasteiger partial charge in [0.05, 0.1) is 33.1 Å². The van der Waals surface area contributed by atoms with Crippen molar-refractivity contribution in [3.05, 3.63) is 23.8 Å². The zero-order valence-electron chi connectivity index (χ0n) is 15.9. The van der Waals surface area contributed by atoms with Gasteiger partial charge in [-0.2, -0.15) is 0 Å².